The van der Waals surface area contributed by atoms with E-state index in [9.17, 15) is 4.39 Å². The summed E-state index contributed by atoms with van der Waals surface area (Å²) in [7, 11) is 0. The van der Waals surface area contributed by atoms with Gasteiger partial charge in [-0.15, -0.1) is 0 Å². The Hall–Kier alpha value is -4.43. The molecule has 0 atom stereocenters. The molecule has 7 nitrogen and oxygen atoms in total. The second-order valence-corrected chi connectivity index (χ2v) is 9.85. The predicted molar refractivity (Wildman–Crippen MR) is 147 cm³/mol. The van der Waals surface area contributed by atoms with Crippen molar-refractivity contribution in [3.8, 4) is 33.9 Å². The average Bonchev–Trinajstić information content (AvgIpc) is 3.58. The van der Waals surface area contributed by atoms with Gasteiger partial charge in [0.1, 0.15) is 11.3 Å². The number of pyridine rings is 2. The summed E-state index contributed by atoms with van der Waals surface area (Å²) in [5, 5.41) is 7.61. The Kier molecular flexibility index (Phi) is 5.66. The molecule has 4 aromatic heterocycles. The van der Waals surface area contributed by atoms with Gasteiger partial charge in [-0.05, 0) is 61.8 Å². The molecule has 1 saturated heterocycles. The van der Waals surface area contributed by atoms with Crippen LogP contribution in [0.15, 0.2) is 73.1 Å². The first-order valence-electron chi connectivity index (χ1n) is 13.0. The molecule has 0 unspecified atom stereocenters. The van der Waals surface area contributed by atoms with Crippen LogP contribution in [0.1, 0.15) is 24.8 Å². The number of piperidine rings is 1. The van der Waals surface area contributed by atoms with E-state index in [2.05, 4.69) is 31.1 Å². The van der Waals surface area contributed by atoms with Crippen LogP contribution in [0.5, 0.6) is 0 Å². The lowest BCUT2D eigenvalue weighted by Gasteiger charge is -2.26. The fourth-order valence-corrected chi connectivity index (χ4v) is 5.36. The Bertz CT molecular complexity index is 1760. The smallest absolute Gasteiger partial charge is 0.161 e. The van der Waals surface area contributed by atoms with E-state index in [1.165, 1.54) is 30.9 Å². The highest BCUT2D eigenvalue weighted by Gasteiger charge is 2.18. The van der Waals surface area contributed by atoms with Crippen molar-refractivity contribution in [2.24, 2.45) is 0 Å². The lowest BCUT2D eigenvalue weighted by atomic mass is 10.0. The SMILES string of the molecule is Fc1ccccc1-c1cccc2[nH]c(-c3n[nH]c4ccc(-c5cncc(CN6CCCCC6)c5)nc34)nc12. The molecule has 0 bridgehead atoms. The molecule has 7 rings (SSSR count). The maximum atomic E-state index is 14.6. The number of nitrogens with zero attached hydrogens (tertiary/aromatic N) is 5. The molecule has 38 heavy (non-hydrogen) atoms. The third-order valence-electron chi connectivity index (χ3n) is 7.25. The first kappa shape index (κ1) is 22.7. The van der Waals surface area contributed by atoms with E-state index in [-0.39, 0.29) is 5.82 Å². The molecule has 2 aromatic carbocycles. The second-order valence-electron chi connectivity index (χ2n) is 9.85. The molecule has 0 saturated carbocycles. The minimum absolute atomic E-state index is 0.280. The molecular weight excluding hydrogens is 477 g/mol. The van der Waals surface area contributed by atoms with Crippen molar-refractivity contribution in [3.05, 3.63) is 84.4 Å². The van der Waals surface area contributed by atoms with Crippen LogP contribution in [0.3, 0.4) is 0 Å². The highest BCUT2D eigenvalue weighted by Crippen LogP contribution is 2.33. The number of hydrogen-bond acceptors (Lipinski definition) is 5. The van der Waals surface area contributed by atoms with Gasteiger partial charge in [-0.2, -0.15) is 5.10 Å². The first-order chi connectivity index (χ1) is 18.7. The van der Waals surface area contributed by atoms with E-state index in [4.69, 9.17) is 9.97 Å². The van der Waals surface area contributed by atoms with E-state index in [1.54, 1.807) is 12.1 Å². The van der Waals surface area contributed by atoms with E-state index < -0.39 is 0 Å². The second kappa shape index (κ2) is 9.46. The number of para-hydroxylation sites is 1. The molecule has 1 fully saturated rings. The standard InChI is InChI=1S/C30H26FN7/c31-23-9-3-2-7-21(23)22-8-6-10-25-27(22)35-30(34-25)29-28-26(36-37-29)12-11-24(33-28)20-15-19(16-32-17-20)18-38-13-4-1-5-14-38/h2-3,6-12,15-17H,1,4-5,13-14,18H2,(H,34,35)(H,36,37). The number of imidazole rings is 1. The van der Waals surface area contributed by atoms with Gasteiger partial charge in [0.15, 0.2) is 11.5 Å². The maximum Gasteiger partial charge on any atom is 0.161 e. The molecule has 5 heterocycles. The van der Waals surface area contributed by atoms with Crippen LogP contribution >= 0.6 is 0 Å². The molecule has 1 aliphatic heterocycles. The minimum atomic E-state index is -0.280. The highest BCUT2D eigenvalue weighted by molar-refractivity contribution is 5.96. The van der Waals surface area contributed by atoms with Gasteiger partial charge < -0.3 is 4.98 Å². The molecule has 6 aromatic rings. The molecule has 0 spiro atoms. The molecule has 0 radical (unpaired) electrons. The van der Waals surface area contributed by atoms with Gasteiger partial charge in [-0.1, -0.05) is 36.8 Å². The van der Waals surface area contributed by atoms with Crippen molar-refractivity contribution in [2.75, 3.05) is 13.1 Å². The zero-order valence-corrected chi connectivity index (χ0v) is 20.8. The number of halogens is 1. The van der Waals surface area contributed by atoms with Gasteiger partial charge in [-0.3, -0.25) is 15.0 Å². The van der Waals surface area contributed by atoms with Crippen LogP contribution in [-0.2, 0) is 6.54 Å². The van der Waals surface area contributed by atoms with Crippen molar-refractivity contribution in [1.29, 1.82) is 0 Å². The molecule has 1 aliphatic rings. The zero-order chi connectivity index (χ0) is 25.5. The van der Waals surface area contributed by atoms with E-state index in [0.29, 0.717) is 22.6 Å². The molecule has 0 aliphatic carbocycles. The van der Waals surface area contributed by atoms with Gasteiger partial charge in [0, 0.05) is 35.6 Å². The molecule has 8 heteroatoms. The summed E-state index contributed by atoms with van der Waals surface area (Å²) in [4.78, 5) is 20.2. The molecule has 2 N–H and O–H groups in total. The van der Waals surface area contributed by atoms with Gasteiger partial charge in [-0.25, -0.2) is 14.4 Å². The van der Waals surface area contributed by atoms with Gasteiger partial charge >= 0.3 is 0 Å². The topological polar surface area (TPSA) is 86.4 Å². The maximum absolute atomic E-state index is 14.6. The van der Waals surface area contributed by atoms with Crippen LogP contribution in [0, 0.1) is 5.82 Å². The Morgan fingerprint density at radius 1 is 0.816 bits per heavy atom. The summed E-state index contributed by atoms with van der Waals surface area (Å²) >= 11 is 0. The summed E-state index contributed by atoms with van der Waals surface area (Å²) in [5.41, 5.74) is 7.89. The van der Waals surface area contributed by atoms with E-state index in [0.717, 1.165) is 53.0 Å². The largest absolute Gasteiger partial charge is 0.336 e. The number of H-pyrrole nitrogens is 2. The number of nitrogens with one attached hydrogen (secondary N) is 2. The third kappa shape index (κ3) is 4.13. The number of likely N-dealkylation sites (tertiary alicyclic amines) is 1. The Morgan fingerprint density at radius 3 is 2.58 bits per heavy atom. The fourth-order valence-electron chi connectivity index (χ4n) is 5.36. The summed E-state index contributed by atoms with van der Waals surface area (Å²) in [5.74, 6) is 0.300. The number of aromatic amines is 2. The average molecular weight is 504 g/mol. The fraction of sp³-hybridized carbons (Fsp3) is 0.200. The number of hydrogen-bond donors (Lipinski definition) is 2. The number of fused-ring (bicyclic) bond motifs is 2. The number of aromatic nitrogens is 6. The Morgan fingerprint density at radius 2 is 1.68 bits per heavy atom. The highest BCUT2D eigenvalue weighted by atomic mass is 19.1. The normalized spacial score (nSPS) is 14.4. The summed E-state index contributed by atoms with van der Waals surface area (Å²) < 4.78 is 14.6. The lowest BCUT2D eigenvalue weighted by molar-refractivity contribution is 0.220. The summed E-state index contributed by atoms with van der Waals surface area (Å²) in [6.45, 7) is 3.19. The molecule has 188 valence electrons. The summed E-state index contributed by atoms with van der Waals surface area (Å²) in [6, 6.07) is 18.6. The quantitative estimate of drug-likeness (QED) is 0.286. The number of benzene rings is 2. The van der Waals surface area contributed by atoms with Crippen molar-refractivity contribution >= 4 is 22.1 Å². The van der Waals surface area contributed by atoms with Crippen molar-refractivity contribution in [1.82, 2.24) is 35.0 Å². The monoisotopic (exact) mass is 503 g/mol. The van der Waals surface area contributed by atoms with Crippen LogP contribution in [0.25, 0.3) is 56.0 Å². The van der Waals surface area contributed by atoms with Crippen LogP contribution in [0.4, 0.5) is 4.39 Å². The van der Waals surface area contributed by atoms with Gasteiger partial charge in [0.05, 0.1) is 22.2 Å². The summed E-state index contributed by atoms with van der Waals surface area (Å²) in [6.07, 6.45) is 7.65. The van der Waals surface area contributed by atoms with E-state index >= 15 is 0 Å². The third-order valence-corrected chi connectivity index (χ3v) is 7.25. The predicted octanol–water partition coefficient (Wildman–Crippen LogP) is 6.36. The molecular formula is C30H26FN7. The van der Waals surface area contributed by atoms with Crippen LogP contribution in [-0.4, -0.2) is 48.1 Å². The zero-order valence-electron chi connectivity index (χ0n) is 20.8. The first-order valence-corrected chi connectivity index (χ1v) is 13.0. The Labute approximate surface area is 218 Å². The minimum Gasteiger partial charge on any atom is -0.336 e. The van der Waals surface area contributed by atoms with Crippen molar-refractivity contribution < 1.29 is 4.39 Å². The van der Waals surface area contributed by atoms with Crippen LogP contribution in [0.2, 0.25) is 0 Å². The van der Waals surface area contributed by atoms with Gasteiger partial charge in [0.2, 0.25) is 0 Å². The van der Waals surface area contributed by atoms with Crippen molar-refractivity contribution in [2.45, 2.75) is 25.8 Å². The lowest BCUT2D eigenvalue weighted by Crippen LogP contribution is -2.29. The number of rotatable bonds is 5. The molecule has 0 amide bonds. The van der Waals surface area contributed by atoms with Crippen LogP contribution < -0.4 is 0 Å². The van der Waals surface area contributed by atoms with E-state index in [1.807, 2.05) is 48.8 Å². The Balaban J connectivity index is 1.26. The van der Waals surface area contributed by atoms with Gasteiger partial charge in [0.25, 0.3) is 0 Å². The van der Waals surface area contributed by atoms with Crippen molar-refractivity contribution in [3.63, 3.8) is 0 Å².